The average molecular weight is 324 g/mol. The maximum Gasteiger partial charge on any atom is 0.315 e. The van der Waals surface area contributed by atoms with E-state index in [-0.39, 0.29) is 18.6 Å². The molecule has 1 aliphatic rings. The Hall–Kier alpha value is -2.33. The zero-order valence-electron chi connectivity index (χ0n) is 13.9. The first-order valence-corrected chi connectivity index (χ1v) is 8.43. The first-order valence-electron chi connectivity index (χ1n) is 8.43. The van der Waals surface area contributed by atoms with Crippen molar-refractivity contribution in [3.63, 3.8) is 0 Å². The molecule has 1 aliphatic carbocycles. The second-order valence-corrected chi connectivity index (χ2v) is 6.71. The molecule has 2 amide bonds. The van der Waals surface area contributed by atoms with Gasteiger partial charge in [-0.3, -0.25) is 0 Å². The van der Waals surface area contributed by atoms with E-state index in [9.17, 15) is 9.90 Å². The van der Waals surface area contributed by atoms with Crippen molar-refractivity contribution in [2.24, 2.45) is 5.92 Å². The summed E-state index contributed by atoms with van der Waals surface area (Å²) >= 11 is 0. The highest BCUT2D eigenvalue weighted by Gasteiger charge is 2.40. The SMILES string of the molecule is CC(O)(CNC(=O)NC(c1ccccc1)c1ccccc1)C1CC1. The molecule has 1 atom stereocenters. The molecule has 126 valence electrons. The molecule has 3 rings (SSSR count). The van der Waals surface area contributed by atoms with E-state index in [0.717, 1.165) is 24.0 Å². The van der Waals surface area contributed by atoms with Gasteiger partial charge in [-0.2, -0.15) is 0 Å². The van der Waals surface area contributed by atoms with Crippen LogP contribution in [0.3, 0.4) is 0 Å². The van der Waals surface area contributed by atoms with Crippen molar-refractivity contribution in [1.29, 1.82) is 0 Å². The monoisotopic (exact) mass is 324 g/mol. The van der Waals surface area contributed by atoms with Crippen LogP contribution >= 0.6 is 0 Å². The number of hydrogen-bond donors (Lipinski definition) is 3. The van der Waals surface area contributed by atoms with Gasteiger partial charge in [-0.05, 0) is 36.8 Å². The topological polar surface area (TPSA) is 61.4 Å². The van der Waals surface area contributed by atoms with Crippen LogP contribution in [0.4, 0.5) is 4.79 Å². The van der Waals surface area contributed by atoms with Crippen LogP contribution in [-0.2, 0) is 0 Å². The lowest BCUT2D eigenvalue weighted by molar-refractivity contribution is 0.0393. The molecule has 1 unspecified atom stereocenters. The second-order valence-electron chi connectivity index (χ2n) is 6.71. The number of benzene rings is 2. The van der Waals surface area contributed by atoms with Gasteiger partial charge in [0.2, 0.25) is 0 Å². The Morgan fingerprint density at radius 3 is 2.04 bits per heavy atom. The summed E-state index contributed by atoms with van der Waals surface area (Å²) in [7, 11) is 0. The second kappa shape index (κ2) is 7.05. The van der Waals surface area contributed by atoms with E-state index in [2.05, 4.69) is 10.6 Å². The summed E-state index contributed by atoms with van der Waals surface area (Å²) in [6.07, 6.45) is 2.07. The Kier molecular flexibility index (Phi) is 4.86. The van der Waals surface area contributed by atoms with Crippen LogP contribution in [0.25, 0.3) is 0 Å². The molecule has 0 spiro atoms. The van der Waals surface area contributed by atoms with Gasteiger partial charge < -0.3 is 15.7 Å². The largest absolute Gasteiger partial charge is 0.388 e. The third-order valence-corrected chi connectivity index (χ3v) is 4.60. The molecule has 4 nitrogen and oxygen atoms in total. The van der Waals surface area contributed by atoms with Gasteiger partial charge in [-0.1, -0.05) is 60.7 Å². The van der Waals surface area contributed by atoms with E-state index >= 15 is 0 Å². The lowest BCUT2D eigenvalue weighted by atomic mass is 9.99. The zero-order chi connectivity index (χ0) is 17.0. The van der Waals surface area contributed by atoms with Gasteiger partial charge in [-0.25, -0.2) is 4.79 Å². The van der Waals surface area contributed by atoms with Crippen LogP contribution < -0.4 is 10.6 Å². The Bertz CT molecular complexity index is 627. The van der Waals surface area contributed by atoms with Gasteiger partial charge in [0.1, 0.15) is 0 Å². The van der Waals surface area contributed by atoms with Gasteiger partial charge in [0.05, 0.1) is 11.6 Å². The molecule has 0 radical (unpaired) electrons. The number of rotatable bonds is 6. The molecule has 4 heteroatoms. The highest BCUT2D eigenvalue weighted by atomic mass is 16.3. The number of aliphatic hydroxyl groups is 1. The number of carbonyl (C=O) groups is 1. The first-order chi connectivity index (χ1) is 11.6. The summed E-state index contributed by atoms with van der Waals surface area (Å²) in [5.41, 5.74) is 1.22. The van der Waals surface area contributed by atoms with Gasteiger partial charge in [-0.15, -0.1) is 0 Å². The summed E-state index contributed by atoms with van der Waals surface area (Å²) in [6, 6.07) is 19.3. The number of amides is 2. The normalized spacial score (nSPS) is 16.5. The van der Waals surface area contributed by atoms with Crippen molar-refractivity contribution in [3.8, 4) is 0 Å². The molecular weight excluding hydrogens is 300 g/mol. The predicted octanol–water partition coefficient (Wildman–Crippen LogP) is 3.24. The molecule has 1 saturated carbocycles. The average Bonchev–Trinajstić information content (AvgIpc) is 3.45. The summed E-state index contributed by atoms with van der Waals surface area (Å²) < 4.78 is 0. The standard InChI is InChI=1S/C20H24N2O2/c1-20(24,17-12-13-17)14-21-19(23)22-18(15-8-4-2-5-9-15)16-10-6-3-7-11-16/h2-11,17-18,24H,12-14H2,1H3,(H2,21,22,23). The molecule has 3 N–H and O–H groups in total. The minimum absolute atomic E-state index is 0.224. The number of nitrogens with one attached hydrogen (secondary N) is 2. The van der Waals surface area contributed by atoms with Crippen molar-refractivity contribution in [2.75, 3.05) is 6.54 Å². The molecular formula is C20H24N2O2. The third-order valence-electron chi connectivity index (χ3n) is 4.60. The van der Waals surface area contributed by atoms with Crippen LogP contribution in [0.5, 0.6) is 0 Å². The summed E-state index contributed by atoms with van der Waals surface area (Å²) in [6.45, 7) is 2.05. The van der Waals surface area contributed by atoms with Crippen LogP contribution in [0.1, 0.15) is 36.9 Å². The maximum atomic E-state index is 12.4. The highest BCUT2D eigenvalue weighted by molar-refractivity contribution is 5.75. The van der Waals surface area contributed by atoms with Crippen LogP contribution in [0.15, 0.2) is 60.7 Å². The maximum absolute atomic E-state index is 12.4. The molecule has 0 bridgehead atoms. The number of urea groups is 1. The summed E-state index contributed by atoms with van der Waals surface area (Å²) in [5, 5.41) is 16.2. The van der Waals surface area contributed by atoms with E-state index in [1.54, 1.807) is 6.92 Å². The van der Waals surface area contributed by atoms with E-state index in [4.69, 9.17) is 0 Å². The molecule has 1 fully saturated rings. The number of carbonyl (C=O) groups excluding carboxylic acids is 1. The molecule has 0 saturated heterocycles. The van der Waals surface area contributed by atoms with Crippen molar-refractivity contribution in [3.05, 3.63) is 71.8 Å². The van der Waals surface area contributed by atoms with Crippen LogP contribution in [-0.4, -0.2) is 23.3 Å². The fraction of sp³-hybridized carbons (Fsp3) is 0.350. The molecule has 2 aromatic carbocycles. The first kappa shape index (κ1) is 16.5. The Balaban J connectivity index is 1.69. The molecule has 0 aromatic heterocycles. The molecule has 24 heavy (non-hydrogen) atoms. The lowest BCUT2D eigenvalue weighted by Gasteiger charge is -2.25. The van der Waals surface area contributed by atoms with E-state index in [1.807, 2.05) is 60.7 Å². The van der Waals surface area contributed by atoms with Crippen molar-refractivity contribution >= 4 is 6.03 Å². The molecule has 0 aliphatic heterocycles. The zero-order valence-corrected chi connectivity index (χ0v) is 13.9. The van der Waals surface area contributed by atoms with E-state index in [0.29, 0.717) is 5.92 Å². The summed E-state index contributed by atoms with van der Waals surface area (Å²) in [4.78, 5) is 12.4. The Labute approximate surface area is 142 Å². The van der Waals surface area contributed by atoms with Gasteiger partial charge in [0, 0.05) is 6.54 Å². The Morgan fingerprint density at radius 2 is 1.58 bits per heavy atom. The molecule has 2 aromatic rings. The fourth-order valence-electron chi connectivity index (χ4n) is 2.94. The summed E-state index contributed by atoms with van der Waals surface area (Å²) in [5.74, 6) is 0.303. The van der Waals surface area contributed by atoms with Gasteiger partial charge >= 0.3 is 6.03 Å². The van der Waals surface area contributed by atoms with Crippen molar-refractivity contribution in [1.82, 2.24) is 10.6 Å². The minimum Gasteiger partial charge on any atom is -0.388 e. The van der Waals surface area contributed by atoms with Crippen LogP contribution in [0, 0.1) is 5.92 Å². The van der Waals surface area contributed by atoms with Gasteiger partial charge in [0.15, 0.2) is 0 Å². The van der Waals surface area contributed by atoms with Gasteiger partial charge in [0.25, 0.3) is 0 Å². The minimum atomic E-state index is -0.827. The van der Waals surface area contributed by atoms with Crippen LogP contribution in [0.2, 0.25) is 0 Å². The highest BCUT2D eigenvalue weighted by Crippen LogP contribution is 2.39. The quantitative estimate of drug-likeness (QED) is 0.764. The molecule has 0 heterocycles. The van der Waals surface area contributed by atoms with E-state index < -0.39 is 5.60 Å². The van der Waals surface area contributed by atoms with Crippen molar-refractivity contribution < 1.29 is 9.90 Å². The predicted molar refractivity (Wildman–Crippen MR) is 94.6 cm³/mol. The third kappa shape index (κ3) is 4.15. The number of hydrogen-bond acceptors (Lipinski definition) is 2. The smallest absolute Gasteiger partial charge is 0.315 e. The Morgan fingerprint density at radius 1 is 1.08 bits per heavy atom. The van der Waals surface area contributed by atoms with E-state index in [1.165, 1.54) is 0 Å². The van der Waals surface area contributed by atoms with Crippen molar-refractivity contribution in [2.45, 2.75) is 31.4 Å². The lowest BCUT2D eigenvalue weighted by Crippen LogP contribution is -2.46. The fourth-order valence-corrected chi connectivity index (χ4v) is 2.94.